The van der Waals surface area contributed by atoms with Crippen LogP contribution in [0.1, 0.15) is 32.7 Å². The molecule has 0 aliphatic carbocycles. The van der Waals surface area contributed by atoms with Gasteiger partial charge in [-0.3, -0.25) is 0 Å². The van der Waals surface area contributed by atoms with Crippen LogP contribution in [-0.4, -0.2) is 23.7 Å². The molecule has 4 heteroatoms. The highest BCUT2D eigenvalue weighted by Gasteiger charge is 2.27. The first-order chi connectivity index (χ1) is 9.72. The normalized spacial score (nSPS) is 14.1. The molecule has 0 saturated carbocycles. The highest BCUT2D eigenvalue weighted by atomic mass is 16.6. The Hall–Kier alpha value is -2.46. The summed E-state index contributed by atoms with van der Waals surface area (Å²) in [6, 6.07) is 8.77. The summed E-state index contributed by atoms with van der Waals surface area (Å²) < 4.78 is 4.71. The van der Waals surface area contributed by atoms with Crippen molar-refractivity contribution in [2.75, 3.05) is 6.61 Å². The lowest BCUT2D eigenvalue weighted by Gasteiger charge is -2.16. The number of carbonyl (C=O) groups is 2. The molecule has 0 atom stereocenters. The van der Waals surface area contributed by atoms with Crippen LogP contribution in [0.15, 0.2) is 36.4 Å². The number of rotatable bonds is 3. The summed E-state index contributed by atoms with van der Waals surface area (Å²) >= 11 is 0. The van der Waals surface area contributed by atoms with Crippen molar-refractivity contribution < 1.29 is 19.4 Å². The van der Waals surface area contributed by atoms with Crippen LogP contribution in [0.4, 0.5) is 0 Å². The van der Waals surface area contributed by atoms with E-state index in [0.29, 0.717) is 22.9 Å². The summed E-state index contributed by atoms with van der Waals surface area (Å²) in [7, 11) is 0. The maximum Gasteiger partial charge on any atom is 0.346 e. The first-order valence-electron chi connectivity index (χ1n) is 6.32. The van der Waals surface area contributed by atoms with E-state index in [0.717, 1.165) is 10.9 Å². The molecule has 2 aromatic rings. The summed E-state index contributed by atoms with van der Waals surface area (Å²) in [5, 5.41) is 10.3. The molecule has 0 aromatic heterocycles. The van der Waals surface area contributed by atoms with Gasteiger partial charge in [0.15, 0.2) is 0 Å². The Bertz CT molecular complexity index is 723. The molecule has 0 radical (unpaired) electrons. The van der Waals surface area contributed by atoms with Crippen LogP contribution in [0.25, 0.3) is 16.8 Å². The van der Waals surface area contributed by atoms with E-state index in [-0.39, 0.29) is 6.61 Å². The van der Waals surface area contributed by atoms with Gasteiger partial charge in [0.05, 0.1) is 11.1 Å². The zero-order chi connectivity index (χ0) is 14.1. The molecule has 3 rings (SSSR count). The van der Waals surface area contributed by atoms with E-state index in [9.17, 15) is 9.59 Å². The number of esters is 2. The Balaban J connectivity index is 2.26. The van der Waals surface area contributed by atoms with Crippen molar-refractivity contribution in [1.82, 2.24) is 0 Å². The minimum absolute atomic E-state index is 0.0859. The van der Waals surface area contributed by atoms with E-state index in [1.54, 1.807) is 18.2 Å². The summed E-state index contributed by atoms with van der Waals surface area (Å²) in [5.41, 5.74) is 1.73. The Morgan fingerprint density at radius 1 is 1.05 bits per heavy atom. The molecule has 1 N–H and O–H groups in total. The lowest BCUT2D eigenvalue weighted by Crippen LogP contribution is -2.19. The largest absolute Gasteiger partial charge is 0.396 e. The van der Waals surface area contributed by atoms with Gasteiger partial charge in [-0.1, -0.05) is 30.4 Å². The molecular formula is C16H12O4. The Morgan fingerprint density at radius 2 is 1.80 bits per heavy atom. The Labute approximate surface area is 115 Å². The highest BCUT2D eigenvalue weighted by molar-refractivity contribution is 6.21. The molecule has 4 nitrogen and oxygen atoms in total. The third-order valence-corrected chi connectivity index (χ3v) is 3.29. The molecule has 1 heterocycles. The fourth-order valence-corrected chi connectivity index (χ4v) is 2.39. The Kier molecular flexibility index (Phi) is 3.08. The van der Waals surface area contributed by atoms with Crippen LogP contribution < -0.4 is 0 Å². The van der Waals surface area contributed by atoms with E-state index < -0.39 is 11.9 Å². The first kappa shape index (κ1) is 12.6. The van der Waals surface area contributed by atoms with Crippen molar-refractivity contribution in [2.24, 2.45) is 0 Å². The van der Waals surface area contributed by atoms with Crippen LogP contribution in [-0.2, 0) is 4.74 Å². The standard InChI is InChI=1S/C16H12O4/c17-9-2-1-4-10-7-8-13-14-11(10)5-3-6-12(14)15(18)20-16(13)19/h1,3-8,17H,2,9H2. The minimum Gasteiger partial charge on any atom is -0.396 e. The van der Waals surface area contributed by atoms with Gasteiger partial charge in [0.2, 0.25) is 0 Å². The van der Waals surface area contributed by atoms with Gasteiger partial charge in [-0.2, -0.15) is 0 Å². The second-order valence-corrected chi connectivity index (χ2v) is 4.52. The number of aliphatic hydroxyl groups is 1. The average molecular weight is 268 g/mol. The van der Waals surface area contributed by atoms with Crippen LogP contribution in [0, 0.1) is 0 Å². The van der Waals surface area contributed by atoms with Crippen LogP contribution >= 0.6 is 0 Å². The number of aliphatic hydroxyl groups excluding tert-OH is 1. The third kappa shape index (κ3) is 1.90. The van der Waals surface area contributed by atoms with Gasteiger partial charge in [0, 0.05) is 12.0 Å². The predicted molar refractivity (Wildman–Crippen MR) is 74.4 cm³/mol. The first-order valence-corrected chi connectivity index (χ1v) is 6.32. The van der Waals surface area contributed by atoms with Gasteiger partial charge < -0.3 is 9.84 Å². The van der Waals surface area contributed by atoms with Crippen molar-refractivity contribution in [3.8, 4) is 0 Å². The summed E-state index contributed by atoms with van der Waals surface area (Å²) in [5.74, 6) is -1.21. The third-order valence-electron chi connectivity index (χ3n) is 3.29. The molecule has 1 aliphatic rings. The van der Waals surface area contributed by atoms with Gasteiger partial charge >= 0.3 is 11.9 Å². The number of ether oxygens (including phenoxy) is 1. The van der Waals surface area contributed by atoms with E-state index in [1.165, 1.54) is 0 Å². The van der Waals surface area contributed by atoms with E-state index >= 15 is 0 Å². The zero-order valence-electron chi connectivity index (χ0n) is 10.6. The average Bonchev–Trinajstić information content (AvgIpc) is 2.45. The smallest absolute Gasteiger partial charge is 0.346 e. The van der Waals surface area contributed by atoms with Crippen LogP contribution in [0.2, 0.25) is 0 Å². The minimum atomic E-state index is -0.607. The molecule has 20 heavy (non-hydrogen) atoms. The van der Waals surface area contributed by atoms with Gasteiger partial charge in [-0.15, -0.1) is 0 Å². The van der Waals surface area contributed by atoms with Crippen molar-refractivity contribution in [3.05, 3.63) is 53.1 Å². The monoisotopic (exact) mass is 268 g/mol. The quantitative estimate of drug-likeness (QED) is 0.686. The van der Waals surface area contributed by atoms with Crippen molar-refractivity contribution in [2.45, 2.75) is 6.42 Å². The molecule has 1 aliphatic heterocycles. The number of hydrogen-bond donors (Lipinski definition) is 1. The molecule has 0 amide bonds. The predicted octanol–water partition coefficient (Wildman–Crippen LogP) is 2.55. The van der Waals surface area contributed by atoms with Crippen molar-refractivity contribution >= 4 is 28.8 Å². The fourth-order valence-electron chi connectivity index (χ4n) is 2.39. The van der Waals surface area contributed by atoms with Crippen LogP contribution in [0.3, 0.4) is 0 Å². The molecule has 0 spiro atoms. The summed E-state index contributed by atoms with van der Waals surface area (Å²) in [6.07, 6.45) is 4.29. The molecule has 0 unspecified atom stereocenters. The topological polar surface area (TPSA) is 63.6 Å². The van der Waals surface area contributed by atoms with Gasteiger partial charge in [0.1, 0.15) is 0 Å². The van der Waals surface area contributed by atoms with Gasteiger partial charge in [0.25, 0.3) is 0 Å². The lowest BCUT2D eigenvalue weighted by molar-refractivity contribution is 0.0391. The number of benzene rings is 2. The molecule has 0 bridgehead atoms. The van der Waals surface area contributed by atoms with E-state index in [2.05, 4.69) is 0 Å². The van der Waals surface area contributed by atoms with Gasteiger partial charge in [-0.25, -0.2) is 9.59 Å². The molecule has 100 valence electrons. The second kappa shape index (κ2) is 4.90. The second-order valence-electron chi connectivity index (χ2n) is 4.52. The zero-order valence-corrected chi connectivity index (χ0v) is 10.6. The lowest BCUT2D eigenvalue weighted by atomic mass is 9.93. The maximum absolute atomic E-state index is 11.8. The number of carbonyl (C=O) groups excluding carboxylic acids is 2. The molecule has 2 aromatic carbocycles. The van der Waals surface area contributed by atoms with E-state index in [1.807, 2.05) is 24.3 Å². The highest BCUT2D eigenvalue weighted by Crippen LogP contribution is 2.31. The van der Waals surface area contributed by atoms with Crippen molar-refractivity contribution in [1.29, 1.82) is 0 Å². The molecular weight excluding hydrogens is 256 g/mol. The van der Waals surface area contributed by atoms with Gasteiger partial charge in [-0.05, 0) is 29.5 Å². The molecule has 0 saturated heterocycles. The Morgan fingerprint density at radius 3 is 2.55 bits per heavy atom. The maximum atomic E-state index is 11.8. The molecule has 0 fully saturated rings. The van der Waals surface area contributed by atoms with Crippen LogP contribution in [0.5, 0.6) is 0 Å². The summed E-state index contributed by atoms with van der Waals surface area (Å²) in [6.45, 7) is 0.0859. The van der Waals surface area contributed by atoms with Crippen molar-refractivity contribution in [3.63, 3.8) is 0 Å². The SMILES string of the molecule is O=C1OC(=O)c2ccc(C=CCCO)c3cccc1c23. The number of cyclic esters (lactones) is 2. The fraction of sp³-hybridized carbons (Fsp3) is 0.125. The summed E-state index contributed by atoms with van der Waals surface area (Å²) in [4.78, 5) is 23.5. The van der Waals surface area contributed by atoms with E-state index in [4.69, 9.17) is 9.84 Å². The number of hydrogen-bond acceptors (Lipinski definition) is 4.